The van der Waals surface area contributed by atoms with Gasteiger partial charge in [-0.25, -0.2) is 8.78 Å². The normalized spacial score (nSPS) is 12.6. The summed E-state index contributed by atoms with van der Waals surface area (Å²) in [5, 5.41) is 9.56. The number of methoxy groups -OCH3 is 2. The minimum Gasteiger partial charge on any atom is -0.502 e. The van der Waals surface area contributed by atoms with Crippen molar-refractivity contribution in [3.8, 4) is 17.2 Å². The van der Waals surface area contributed by atoms with Crippen molar-refractivity contribution in [1.82, 2.24) is 0 Å². The molecule has 0 aliphatic heterocycles. The van der Waals surface area contributed by atoms with E-state index in [4.69, 9.17) is 15.2 Å². The molecule has 0 aliphatic rings. The molecule has 6 heteroatoms. The zero-order valence-corrected chi connectivity index (χ0v) is 8.91. The minimum atomic E-state index is -2.70. The highest BCUT2D eigenvalue weighted by molar-refractivity contribution is 5.53. The smallest absolute Gasteiger partial charge is 0.257 e. The fourth-order valence-electron chi connectivity index (χ4n) is 1.25. The predicted molar refractivity (Wildman–Crippen MR) is 54.1 cm³/mol. The molecule has 0 saturated carbocycles. The van der Waals surface area contributed by atoms with Crippen LogP contribution in [0.4, 0.5) is 8.78 Å². The molecule has 0 radical (unpaired) electrons. The number of nitrogens with two attached hydrogens (primary N) is 1. The summed E-state index contributed by atoms with van der Waals surface area (Å²) in [6.45, 7) is 0. The van der Waals surface area contributed by atoms with Crippen LogP contribution in [0.15, 0.2) is 12.1 Å². The third kappa shape index (κ3) is 2.33. The van der Waals surface area contributed by atoms with Crippen LogP contribution >= 0.6 is 0 Å². The number of ether oxygens (including phenoxy) is 2. The molecular formula is C10H13F2NO3. The highest BCUT2D eigenvalue weighted by Gasteiger charge is 2.21. The summed E-state index contributed by atoms with van der Waals surface area (Å²) in [6.07, 6.45) is -2.70. The lowest BCUT2D eigenvalue weighted by Crippen LogP contribution is -2.19. The summed E-state index contributed by atoms with van der Waals surface area (Å²) >= 11 is 0. The fraction of sp³-hybridized carbons (Fsp3) is 0.400. The maximum Gasteiger partial charge on any atom is 0.257 e. The van der Waals surface area contributed by atoms with Crippen molar-refractivity contribution in [3.05, 3.63) is 17.7 Å². The SMILES string of the molecule is COc1cc([C@@H](N)C(F)F)cc(OC)c1O. The quantitative estimate of drug-likeness (QED) is 0.830. The Kier molecular flexibility index (Phi) is 3.89. The Morgan fingerprint density at radius 1 is 1.19 bits per heavy atom. The van der Waals surface area contributed by atoms with Gasteiger partial charge in [-0.1, -0.05) is 0 Å². The van der Waals surface area contributed by atoms with Gasteiger partial charge in [0.05, 0.1) is 20.3 Å². The van der Waals surface area contributed by atoms with Crippen LogP contribution in [0.1, 0.15) is 11.6 Å². The number of hydrogen-bond acceptors (Lipinski definition) is 4. The highest BCUT2D eigenvalue weighted by atomic mass is 19.3. The lowest BCUT2D eigenvalue weighted by atomic mass is 10.1. The van der Waals surface area contributed by atoms with Gasteiger partial charge in [0.15, 0.2) is 11.5 Å². The van der Waals surface area contributed by atoms with Crippen molar-refractivity contribution in [1.29, 1.82) is 0 Å². The van der Waals surface area contributed by atoms with Crippen LogP contribution in [0.25, 0.3) is 0 Å². The van der Waals surface area contributed by atoms with Gasteiger partial charge in [0.25, 0.3) is 6.43 Å². The Labute approximate surface area is 91.6 Å². The predicted octanol–water partition coefficient (Wildman–Crippen LogP) is 1.67. The van der Waals surface area contributed by atoms with Gasteiger partial charge in [-0.15, -0.1) is 0 Å². The van der Waals surface area contributed by atoms with Crippen LogP contribution in [0.2, 0.25) is 0 Å². The molecule has 0 bridgehead atoms. The molecular weight excluding hydrogens is 220 g/mol. The van der Waals surface area contributed by atoms with E-state index in [0.717, 1.165) is 0 Å². The number of benzene rings is 1. The van der Waals surface area contributed by atoms with E-state index >= 15 is 0 Å². The highest BCUT2D eigenvalue weighted by Crippen LogP contribution is 2.39. The maximum absolute atomic E-state index is 12.4. The third-order valence-corrected chi connectivity index (χ3v) is 2.16. The van der Waals surface area contributed by atoms with E-state index in [2.05, 4.69) is 0 Å². The van der Waals surface area contributed by atoms with Crippen molar-refractivity contribution >= 4 is 0 Å². The van der Waals surface area contributed by atoms with Crippen LogP contribution in [-0.2, 0) is 0 Å². The Morgan fingerprint density at radius 3 is 1.94 bits per heavy atom. The Bertz CT molecular complexity index is 346. The lowest BCUT2D eigenvalue weighted by Gasteiger charge is -2.15. The van der Waals surface area contributed by atoms with Crippen LogP contribution in [0.5, 0.6) is 17.2 Å². The van der Waals surface area contributed by atoms with E-state index in [-0.39, 0.29) is 22.8 Å². The van der Waals surface area contributed by atoms with Crippen LogP contribution in [0.3, 0.4) is 0 Å². The molecule has 0 saturated heterocycles. The molecule has 1 aromatic rings. The van der Waals surface area contributed by atoms with E-state index in [1.165, 1.54) is 26.4 Å². The molecule has 0 aromatic heterocycles. The number of alkyl halides is 2. The third-order valence-electron chi connectivity index (χ3n) is 2.16. The summed E-state index contributed by atoms with van der Waals surface area (Å²) in [5.74, 6) is -0.147. The van der Waals surface area contributed by atoms with Crippen molar-refractivity contribution in [2.24, 2.45) is 5.73 Å². The summed E-state index contributed by atoms with van der Waals surface area (Å²) in [4.78, 5) is 0. The number of phenols is 1. The molecule has 3 N–H and O–H groups in total. The van der Waals surface area contributed by atoms with Gasteiger partial charge in [0.1, 0.15) is 0 Å². The topological polar surface area (TPSA) is 64.7 Å². The lowest BCUT2D eigenvalue weighted by molar-refractivity contribution is 0.116. The second-order valence-electron chi connectivity index (χ2n) is 3.13. The standard InChI is InChI=1S/C10H13F2NO3/c1-15-6-3-5(8(13)10(11)12)4-7(16-2)9(6)14/h3-4,8,10,14H,13H2,1-2H3/t8-/m1/s1. The van der Waals surface area contributed by atoms with E-state index < -0.39 is 12.5 Å². The molecule has 0 amide bonds. The van der Waals surface area contributed by atoms with E-state index in [9.17, 15) is 13.9 Å². The zero-order chi connectivity index (χ0) is 12.3. The average molecular weight is 233 g/mol. The molecule has 1 rings (SSSR count). The molecule has 0 heterocycles. The first kappa shape index (κ1) is 12.5. The molecule has 0 unspecified atom stereocenters. The minimum absolute atomic E-state index is 0.0467. The second-order valence-corrected chi connectivity index (χ2v) is 3.13. The van der Waals surface area contributed by atoms with Gasteiger partial charge < -0.3 is 20.3 Å². The molecule has 0 fully saturated rings. The van der Waals surface area contributed by atoms with Crippen molar-refractivity contribution < 1.29 is 23.4 Å². The van der Waals surface area contributed by atoms with Crippen molar-refractivity contribution in [2.45, 2.75) is 12.5 Å². The molecule has 0 spiro atoms. The van der Waals surface area contributed by atoms with E-state index in [0.29, 0.717) is 0 Å². The molecule has 1 aromatic carbocycles. The number of phenolic OH excluding ortho intramolecular Hbond substituents is 1. The molecule has 90 valence electrons. The Hall–Kier alpha value is -1.56. The fourth-order valence-corrected chi connectivity index (χ4v) is 1.25. The van der Waals surface area contributed by atoms with Crippen LogP contribution in [-0.4, -0.2) is 25.8 Å². The zero-order valence-electron chi connectivity index (χ0n) is 8.91. The Balaban J connectivity index is 3.21. The van der Waals surface area contributed by atoms with Gasteiger partial charge in [-0.3, -0.25) is 0 Å². The number of rotatable bonds is 4. The largest absolute Gasteiger partial charge is 0.502 e. The first-order chi connectivity index (χ1) is 7.51. The molecule has 16 heavy (non-hydrogen) atoms. The molecule has 1 atom stereocenters. The van der Waals surface area contributed by atoms with Gasteiger partial charge in [0.2, 0.25) is 5.75 Å². The van der Waals surface area contributed by atoms with Crippen LogP contribution in [0, 0.1) is 0 Å². The summed E-state index contributed by atoms with van der Waals surface area (Å²) in [6, 6.07) is 1.08. The van der Waals surface area contributed by atoms with Crippen LogP contribution < -0.4 is 15.2 Å². The molecule has 0 aliphatic carbocycles. The monoisotopic (exact) mass is 233 g/mol. The Morgan fingerprint density at radius 2 is 1.62 bits per heavy atom. The van der Waals surface area contributed by atoms with Gasteiger partial charge in [-0.05, 0) is 17.7 Å². The van der Waals surface area contributed by atoms with Crippen molar-refractivity contribution in [2.75, 3.05) is 14.2 Å². The summed E-state index contributed by atoms with van der Waals surface area (Å²) < 4.78 is 34.5. The van der Waals surface area contributed by atoms with Crippen molar-refractivity contribution in [3.63, 3.8) is 0 Å². The number of halogens is 2. The number of aromatic hydroxyl groups is 1. The van der Waals surface area contributed by atoms with Gasteiger partial charge in [-0.2, -0.15) is 0 Å². The summed E-state index contributed by atoms with van der Waals surface area (Å²) in [7, 11) is 2.62. The maximum atomic E-state index is 12.4. The summed E-state index contributed by atoms with van der Waals surface area (Å²) in [5.41, 5.74) is 5.43. The van der Waals surface area contributed by atoms with Gasteiger partial charge in [0, 0.05) is 0 Å². The second kappa shape index (κ2) is 4.98. The first-order valence-electron chi connectivity index (χ1n) is 4.49. The van der Waals surface area contributed by atoms with E-state index in [1.807, 2.05) is 0 Å². The van der Waals surface area contributed by atoms with Gasteiger partial charge >= 0.3 is 0 Å². The van der Waals surface area contributed by atoms with E-state index in [1.54, 1.807) is 0 Å². The average Bonchev–Trinajstić information content (AvgIpc) is 2.28. The number of hydrogen-bond donors (Lipinski definition) is 2. The molecule has 4 nitrogen and oxygen atoms in total. The first-order valence-corrected chi connectivity index (χ1v) is 4.49.